The van der Waals surface area contributed by atoms with Crippen LogP contribution in [0, 0.1) is 0 Å². The van der Waals surface area contributed by atoms with Crippen LogP contribution in [0.5, 0.6) is 0 Å². The average Bonchev–Trinajstić information content (AvgIpc) is 2.45. The average molecular weight is 314 g/mol. The van der Waals surface area contributed by atoms with Gasteiger partial charge in [-0.05, 0) is 33.0 Å². The summed E-state index contributed by atoms with van der Waals surface area (Å²) in [6.07, 6.45) is -0.334. The molecule has 0 aromatic heterocycles. The Morgan fingerprint density at radius 1 is 1.43 bits per heavy atom. The predicted molar refractivity (Wildman–Crippen MR) is 80.9 cm³/mol. The van der Waals surface area contributed by atoms with Gasteiger partial charge in [0.2, 0.25) is 10.0 Å². The molecular weight excluding hydrogens is 292 g/mol. The third kappa shape index (κ3) is 3.55. The summed E-state index contributed by atoms with van der Waals surface area (Å²) in [4.78, 5) is 2.19. The van der Waals surface area contributed by atoms with Crippen molar-refractivity contribution >= 4 is 15.7 Å². The molecule has 0 spiro atoms. The van der Waals surface area contributed by atoms with Crippen LogP contribution in [0.15, 0.2) is 29.2 Å². The molecule has 1 fully saturated rings. The number of sulfonamides is 1. The molecule has 1 unspecified atom stereocenters. The summed E-state index contributed by atoms with van der Waals surface area (Å²) in [6.45, 7) is 4.77. The second-order valence-corrected chi connectivity index (χ2v) is 7.59. The Morgan fingerprint density at radius 2 is 2.10 bits per heavy atom. The Bertz CT molecular complexity index is 601. The van der Waals surface area contributed by atoms with Crippen molar-refractivity contribution in [2.45, 2.75) is 30.4 Å². The first-order valence-electron chi connectivity index (χ1n) is 6.85. The number of nitrogens with zero attached hydrogens (tertiary/aromatic N) is 1. The summed E-state index contributed by atoms with van der Waals surface area (Å²) in [5, 5.41) is 9.38. The van der Waals surface area contributed by atoms with E-state index in [4.69, 9.17) is 4.74 Å². The predicted octanol–water partition coefficient (Wildman–Crippen LogP) is 0.571. The molecule has 2 rings (SSSR count). The molecule has 21 heavy (non-hydrogen) atoms. The molecule has 0 amide bonds. The van der Waals surface area contributed by atoms with E-state index in [0.717, 1.165) is 0 Å². The molecule has 2 N–H and O–H groups in total. The van der Waals surface area contributed by atoms with Crippen LogP contribution < -0.4 is 9.62 Å². The number of aliphatic hydroxyl groups excluding tert-OH is 1. The normalized spacial score (nSPS) is 22.3. The zero-order chi connectivity index (χ0) is 15.7. The van der Waals surface area contributed by atoms with Crippen molar-refractivity contribution in [3.05, 3.63) is 24.3 Å². The van der Waals surface area contributed by atoms with E-state index in [-0.39, 0.29) is 17.6 Å². The number of rotatable bonds is 4. The van der Waals surface area contributed by atoms with Gasteiger partial charge >= 0.3 is 0 Å². The number of aliphatic hydroxyl groups is 1. The number of anilines is 1. The van der Waals surface area contributed by atoms with E-state index in [1.54, 1.807) is 24.3 Å². The molecule has 1 aromatic carbocycles. The minimum Gasteiger partial charge on any atom is -0.394 e. The van der Waals surface area contributed by atoms with Gasteiger partial charge in [-0.15, -0.1) is 0 Å². The van der Waals surface area contributed by atoms with Gasteiger partial charge in [0.05, 0.1) is 24.0 Å². The summed E-state index contributed by atoms with van der Waals surface area (Å²) in [6, 6.07) is 6.86. The zero-order valence-electron chi connectivity index (χ0n) is 12.5. The molecular formula is C14H22N2O4S. The minimum atomic E-state index is -3.53. The van der Waals surface area contributed by atoms with Crippen LogP contribution in [0.1, 0.15) is 13.8 Å². The molecule has 1 atom stereocenters. The summed E-state index contributed by atoms with van der Waals surface area (Å²) in [5.41, 5.74) is 0.170. The summed E-state index contributed by atoms with van der Waals surface area (Å²) in [7, 11) is -2.14. The number of hydrogen-bond donors (Lipinski definition) is 2. The lowest BCUT2D eigenvalue weighted by Gasteiger charge is -2.43. The van der Waals surface area contributed by atoms with E-state index in [1.807, 2.05) is 18.7 Å². The number of benzene rings is 1. The van der Waals surface area contributed by atoms with Crippen LogP contribution in [-0.2, 0) is 14.8 Å². The lowest BCUT2D eigenvalue weighted by Crippen LogP contribution is -2.54. The van der Waals surface area contributed by atoms with Crippen molar-refractivity contribution in [1.82, 2.24) is 4.72 Å². The Hall–Kier alpha value is -1.15. The number of ether oxygens (including phenoxy) is 1. The highest BCUT2D eigenvalue weighted by Crippen LogP contribution is 2.30. The molecule has 0 bridgehead atoms. The van der Waals surface area contributed by atoms with Gasteiger partial charge in [0.15, 0.2) is 0 Å². The van der Waals surface area contributed by atoms with Crippen LogP contribution in [0.4, 0.5) is 5.69 Å². The van der Waals surface area contributed by atoms with Gasteiger partial charge in [0, 0.05) is 13.1 Å². The SMILES string of the molecule is CNS(=O)(=O)c1ccccc1N1CC(CO)OC(C)(C)C1. The summed E-state index contributed by atoms with van der Waals surface area (Å²) in [5.74, 6) is 0. The third-order valence-electron chi connectivity index (χ3n) is 3.45. The molecule has 1 aliphatic heterocycles. The number of hydrogen-bond acceptors (Lipinski definition) is 5. The molecule has 6 nitrogen and oxygen atoms in total. The molecule has 0 saturated carbocycles. The second kappa shape index (κ2) is 5.92. The van der Waals surface area contributed by atoms with E-state index in [2.05, 4.69) is 4.72 Å². The maximum Gasteiger partial charge on any atom is 0.242 e. The Balaban J connectivity index is 2.42. The van der Waals surface area contributed by atoms with Crippen molar-refractivity contribution in [2.24, 2.45) is 0 Å². The van der Waals surface area contributed by atoms with Gasteiger partial charge < -0.3 is 14.7 Å². The molecule has 0 radical (unpaired) electrons. The topological polar surface area (TPSA) is 78.9 Å². The molecule has 0 aliphatic carbocycles. The highest BCUT2D eigenvalue weighted by Gasteiger charge is 2.34. The minimum absolute atomic E-state index is 0.0964. The largest absolute Gasteiger partial charge is 0.394 e. The van der Waals surface area contributed by atoms with Crippen molar-refractivity contribution < 1.29 is 18.3 Å². The van der Waals surface area contributed by atoms with E-state index in [1.165, 1.54) is 7.05 Å². The van der Waals surface area contributed by atoms with E-state index >= 15 is 0 Å². The molecule has 1 aromatic rings. The molecule has 1 heterocycles. The Kier molecular flexibility index (Phi) is 4.57. The smallest absolute Gasteiger partial charge is 0.242 e. The van der Waals surface area contributed by atoms with Crippen LogP contribution >= 0.6 is 0 Å². The third-order valence-corrected chi connectivity index (χ3v) is 4.91. The van der Waals surface area contributed by atoms with Crippen LogP contribution in [0.25, 0.3) is 0 Å². The van der Waals surface area contributed by atoms with E-state index in [9.17, 15) is 13.5 Å². The van der Waals surface area contributed by atoms with Gasteiger partial charge in [-0.3, -0.25) is 0 Å². The van der Waals surface area contributed by atoms with E-state index in [0.29, 0.717) is 18.8 Å². The number of morpholine rings is 1. The molecule has 118 valence electrons. The fourth-order valence-electron chi connectivity index (χ4n) is 2.63. The molecule has 1 saturated heterocycles. The Morgan fingerprint density at radius 3 is 2.71 bits per heavy atom. The van der Waals surface area contributed by atoms with Crippen molar-refractivity contribution in [3.8, 4) is 0 Å². The van der Waals surface area contributed by atoms with Gasteiger partial charge in [0.1, 0.15) is 4.90 Å². The fraction of sp³-hybridized carbons (Fsp3) is 0.571. The molecule has 1 aliphatic rings. The van der Waals surface area contributed by atoms with Crippen LogP contribution in [-0.4, -0.2) is 52.0 Å². The number of para-hydroxylation sites is 1. The van der Waals surface area contributed by atoms with Gasteiger partial charge in [-0.2, -0.15) is 0 Å². The Labute approximate surface area is 125 Å². The standard InChI is InChI=1S/C14H22N2O4S/c1-14(2)10-16(8-11(9-17)20-14)12-6-4-5-7-13(12)21(18,19)15-3/h4-7,11,15,17H,8-10H2,1-3H3. The first-order chi connectivity index (χ1) is 9.79. The van der Waals surface area contributed by atoms with Gasteiger partial charge in [-0.25, -0.2) is 13.1 Å². The maximum absolute atomic E-state index is 12.2. The van der Waals surface area contributed by atoms with Crippen molar-refractivity contribution in [2.75, 3.05) is 31.6 Å². The first kappa shape index (κ1) is 16.2. The molecule has 7 heteroatoms. The highest BCUT2D eigenvalue weighted by molar-refractivity contribution is 7.89. The highest BCUT2D eigenvalue weighted by atomic mass is 32.2. The van der Waals surface area contributed by atoms with E-state index < -0.39 is 15.6 Å². The summed E-state index contributed by atoms with van der Waals surface area (Å²) < 4.78 is 32.4. The van der Waals surface area contributed by atoms with Crippen LogP contribution in [0.2, 0.25) is 0 Å². The van der Waals surface area contributed by atoms with Crippen molar-refractivity contribution in [1.29, 1.82) is 0 Å². The first-order valence-corrected chi connectivity index (χ1v) is 8.33. The lowest BCUT2D eigenvalue weighted by atomic mass is 10.0. The summed E-state index contributed by atoms with van der Waals surface area (Å²) >= 11 is 0. The maximum atomic E-state index is 12.2. The number of nitrogens with one attached hydrogen (secondary N) is 1. The van der Waals surface area contributed by atoms with Gasteiger partial charge in [0.25, 0.3) is 0 Å². The second-order valence-electron chi connectivity index (χ2n) is 5.74. The van der Waals surface area contributed by atoms with Crippen LogP contribution in [0.3, 0.4) is 0 Å². The quantitative estimate of drug-likeness (QED) is 0.849. The van der Waals surface area contributed by atoms with Crippen molar-refractivity contribution in [3.63, 3.8) is 0 Å². The fourth-order valence-corrected chi connectivity index (χ4v) is 3.58. The lowest BCUT2D eigenvalue weighted by molar-refractivity contribution is -0.101. The zero-order valence-corrected chi connectivity index (χ0v) is 13.4. The van der Waals surface area contributed by atoms with Gasteiger partial charge in [-0.1, -0.05) is 12.1 Å². The monoisotopic (exact) mass is 314 g/mol.